The van der Waals surface area contributed by atoms with Gasteiger partial charge >= 0.3 is 21.6 Å². The standard InChI is InChI=1S/C14H14F3NO5S/c15-14(16,17)24(21,22)23-12-9-18(7-6-11(12)13(19)20)8-10-4-2-1-3-5-10/h1-5H,6-9H2,(H,19,20). The molecule has 6 nitrogen and oxygen atoms in total. The molecule has 0 aliphatic carbocycles. The Morgan fingerprint density at radius 3 is 2.42 bits per heavy atom. The van der Waals surface area contributed by atoms with Crippen molar-refractivity contribution in [1.29, 1.82) is 0 Å². The molecule has 0 radical (unpaired) electrons. The summed E-state index contributed by atoms with van der Waals surface area (Å²) in [6.45, 7) is 0.244. The smallest absolute Gasteiger partial charge is 0.478 e. The molecule has 1 aromatic carbocycles. The first-order valence-corrected chi connectivity index (χ1v) is 8.23. The number of hydrogen-bond acceptors (Lipinski definition) is 5. The predicted octanol–water partition coefficient (Wildman–Crippen LogP) is 2.10. The second-order valence-corrected chi connectivity index (χ2v) is 6.67. The fourth-order valence-corrected chi connectivity index (χ4v) is 2.76. The molecule has 1 heterocycles. The number of alkyl halides is 3. The highest BCUT2D eigenvalue weighted by molar-refractivity contribution is 7.87. The van der Waals surface area contributed by atoms with Crippen LogP contribution in [0.2, 0.25) is 0 Å². The van der Waals surface area contributed by atoms with E-state index in [1.807, 2.05) is 0 Å². The Hall–Kier alpha value is -2.07. The summed E-state index contributed by atoms with van der Waals surface area (Å²) in [7, 11) is -5.91. The van der Waals surface area contributed by atoms with Crippen LogP contribution in [0.1, 0.15) is 12.0 Å². The first-order chi connectivity index (χ1) is 11.1. The normalized spacial score (nSPS) is 17.0. The highest BCUT2D eigenvalue weighted by atomic mass is 32.2. The molecule has 0 amide bonds. The molecule has 0 bridgehead atoms. The molecule has 1 aliphatic heterocycles. The van der Waals surface area contributed by atoms with Gasteiger partial charge in [0.25, 0.3) is 0 Å². The summed E-state index contributed by atoms with van der Waals surface area (Å²) in [5.74, 6) is -2.20. The van der Waals surface area contributed by atoms with Crippen LogP contribution in [-0.2, 0) is 25.6 Å². The van der Waals surface area contributed by atoms with Crippen molar-refractivity contribution in [3.63, 3.8) is 0 Å². The van der Waals surface area contributed by atoms with Crippen LogP contribution in [0.5, 0.6) is 0 Å². The molecule has 0 fully saturated rings. The molecule has 132 valence electrons. The third-order valence-corrected chi connectivity index (χ3v) is 4.37. The van der Waals surface area contributed by atoms with Gasteiger partial charge in [0.1, 0.15) is 5.76 Å². The van der Waals surface area contributed by atoms with Gasteiger partial charge in [-0.3, -0.25) is 4.90 Å². The van der Waals surface area contributed by atoms with E-state index in [9.17, 15) is 26.4 Å². The van der Waals surface area contributed by atoms with E-state index < -0.39 is 32.9 Å². The van der Waals surface area contributed by atoms with E-state index >= 15 is 0 Å². The SMILES string of the molecule is O=C(O)C1=C(OS(=O)(=O)C(F)(F)F)CN(Cc2ccccc2)CC1. The molecule has 0 unspecified atom stereocenters. The lowest BCUT2D eigenvalue weighted by Gasteiger charge is -2.29. The van der Waals surface area contributed by atoms with E-state index in [0.29, 0.717) is 6.54 Å². The van der Waals surface area contributed by atoms with Crippen molar-refractivity contribution < 1.29 is 35.7 Å². The summed E-state index contributed by atoms with van der Waals surface area (Å²) >= 11 is 0. The summed E-state index contributed by atoms with van der Waals surface area (Å²) in [5, 5.41) is 9.05. The quantitative estimate of drug-likeness (QED) is 0.636. The van der Waals surface area contributed by atoms with Crippen molar-refractivity contribution in [1.82, 2.24) is 4.90 Å². The van der Waals surface area contributed by atoms with Gasteiger partial charge in [-0.1, -0.05) is 30.3 Å². The minimum Gasteiger partial charge on any atom is -0.478 e. The Kier molecular flexibility index (Phi) is 5.19. The number of hydrogen-bond donors (Lipinski definition) is 1. The fraction of sp³-hybridized carbons (Fsp3) is 0.357. The summed E-state index contributed by atoms with van der Waals surface area (Å²) < 4.78 is 63.8. The molecule has 10 heteroatoms. The third-order valence-electron chi connectivity index (χ3n) is 3.38. The highest BCUT2D eigenvalue weighted by Gasteiger charge is 2.49. The van der Waals surface area contributed by atoms with Crippen molar-refractivity contribution in [2.45, 2.75) is 18.5 Å². The Morgan fingerprint density at radius 1 is 1.25 bits per heavy atom. The molecule has 0 spiro atoms. The van der Waals surface area contributed by atoms with Crippen LogP contribution in [0.25, 0.3) is 0 Å². The highest BCUT2D eigenvalue weighted by Crippen LogP contribution is 2.30. The number of carboxylic acids is 1. The van der Waals surface area contributed by atoms with E-state index in [1.54, 1.807) is 35.2 Å². The van der Waals surface area contributed by atoms with Gasteiger partial charge in [0.15, 0.2) is 0 Å². The number of nitrogens with zero attached hydrogens (tertiary/aromatic N) is 1. The van der Waals surface area contributed by atoms with Crippen molar-refractivity contribution >= 4 is 16.1 Å². The second-order valence-electron chi connectivity index (χ2n) is 5.14. The van der Waals surface area contributed by atoms with Crippen LogP contribution >= 0.6 is 0 Å². The van der Waals surface area contributed by atoms with E-state index in [4.69, 9.17) is 5.11 Å². The molecule has 1 N–H and O–H groups in total. The minimum absolute atomic E-state index is 0.120. The van der Waals surface area contributed by atoms with Crippen molar-refractivity contribution in [3.05, 3.63) is 47.2 Å². The van der Waals surface area contributed by atoms with Gasteiger partial charge in [-0.05, 0) is 12.0 Å². The van der Waals surface area contributed by atoms with Crippen LogP contribution in [-0.4, -0.2) is 43.0 Å². The average molecular weight is 365 g/mol. The van der Waals surface area contributed by atoms with Gasteiger partial charge in [0.05, 0.1) is 12.1 Å². The maximum atomic E-state index is 12.5. The lowest BCUT2D eigenvalue weighted by atomic mass is 10.1. The molecular weight excluding hydrogens is 351 g/mol. The molecule has 0 saturated heterocycles. The lowest BCUT2D eigenvalue weighted by molar-refractivity contribution is -0.133. The maximum Gasteiger partial charge on any atom is 0.534 e. The Labute approximate surface area is 136 Å². The van der Waals surface area contributed by atoms with Crippen LogP contribution in [0.15, 0.2) is 41.7 Å². The van der Waals surface area contributed by atoms with Crippen molar-refractivity contribution in [2.24, 2.45) is 0 Å². The Bertz CT molecular complexity index is 743. The van der Waals surface area contributed by atoms with Crippen LogP contribution in [0.3, 0.4) is 0 Å². The molecule has 0 saturated carbocycles. The monoisotopic (exact) mass is 365 g/mol. The van der Waals surface area contributed by atoms with Crippen LogP contribution in [0.4, 0.5) is 13.2 Å². The first-order valence-electron chi connectivity index (χ1n) is 6.82. The van der Waals surface area contributed by atoms with Gasteiger partial charge in [0, 0.05) is 13.1 Å². The van der Waals surface area contributed by atoms with Gasteiger partial charge in [-0.2, -0.15) is 21.6 Å². The fourth-order valence-electron chi connectivity index (χ4n) is 2.25. The average Bonchev–Trinajstić information content (AvgIpc) is 2.46. The molecular formula is C14H14F3NO5S. The molecule has 24 heavy (non-hydrogen) atoms. The van der Waals surface area contributed by atoms with Gasteiger partial charge in [-0.15, -0.1) is 0 Å². The van der Waals surface area contributed by atoms with Gasteiger partial charge in [-0.25, -0.2) is 4.79 Å². The Morgan fingerprint density at radius 2 is 1.88 bits per heavy atom. The zero-order valence-electron chi connectivity index (χ0n) is 12.3. The number of carbonyl (C=O) groups is 1. The minimum atomic E-state index is -5.91. The summed E-state index contributed by atoms with van der Waals surface area (Å²) in [4.78, 5) is 12.7. The van der Waals surface area contributed by atoms with Gasteiger partial charge in [0.2, 0.25) is 0 Å². The number of carboxylic acid groups (broad SMARTS) is 1. The first kappa shape index (κ1) is 18.3. The summed E-state index contributed by atoms with van der Waals surface area (Å²) in [6, 6.07) is 8.95. The number of aliphatic carboxylic acids is 1. The van der Waals surface area contributed by atoms with Crippen LogP contribution < -0.4 is 0 Å². The lowest BCUT2D eigenvalue weighted by Crippen LogP contribution is -2.36. The number of rotatable bonds is 5. The van der Waals surface area contributed by atoms with E-state index in [0.717, 1.165) is 5.56 Å². The third kappa shape index (κ3) is 4.26. The molecule has 1 aromatic rings. The molecule has 0 atom stereocenters. The summed E-state index contributed by atoms with van der Waals surface area (Å²) in [6.07, 6.45) is -0.120. The Balaban J connectivity index is 2.22. The number of benzene rings is 1. The largest absolute Gasteiger partial charge is 0.534 e. The summed E-state index contributed by atoms with van der Waals surface area (Å²) in [5.41, 5.74) is -5.23. The topological polar surface area (TPSA) is 83.9 Å². The van der Waals surface area contributed by atoms with E-state index in [-0.39, 0.29) is 19.5 Å². The van der Waals surface area contributed by atoms with Crippen molar-refractivity contribution in [3.8, 4) is 0 Å². The van der Waals surface area contributed by atoms with E-state index in [2.05, 4.69) is 4.18 Å². The molecule has 0 aromatic heterocycles. The zero-order valence-corrected chi connectivity index (χ0v) is 13.1. The number of halogens is 3. The second kappa shape index (κ2) is 6.81. The molecule has 2 rings (SSSR count). The van der Waals surface area contributed by atoms with Gasteiger partial charge < -0.3 is 9.29 Å². The molecule has 1 aliphatic rings. The van der Waals surface area contributed by atoms with Crippen LogP contribution in [0, 0.1) is 0 Å². The van der Waals surface area contributed by atoms with Crippen molar-refractivity contribution in [2.75, 3.05) is 13.1 Å². The van der Waals surface area contributed by atoms with E-state index in [1.165, 1.54) is 0 Å². The maximum absolute atomic E-state index is 12.5. The zero-order chi connectivity index (χ0) is 18.0. The predicted molar refractivity (Wildman–Crippen MR) is 77.1 cm³/mol.